The number of fused-ring (bicyclic) bond motifs is 1. The fourth-order valence-corrected chi connectivity index (χ4v) is 2.89. The van der Waals surface area contributed by atoms with Crippen LogP contribution in [0.1, 0.15) is 32.7 Å². The maximum absolute atomic E-state index is 12.2. The molecule has 5 heteroatoms. The minimum atomic E-state index is -0.458. The van der Waals surface area contributed by atoms with E-state index >= 15 is 0 Å². The summed E-state index contributed by atoms with van der Waals surface area (Å²) in [5, 5.41) is 3.61. The monoisotopic (exact) mass is 322 g/mol. The molecule has 0 aliphatic heterocycles. The minimum Gasteiger partial charge on any atom is -0.465 e. The Bertz CT molecular complexity index is 901. The van der Waals surface area contributed by atoms with Crippen LogP contribution in [0.25, 0.3) is 16.5 Å². The van der Waals surface area contributed by atoms with Crippen molar-refractivity contribution in [1.82, 2.24) is 10.3 Å². The van der Waals surface area contributed by atoms with Crippen molar-refractivity contribution in [2.24, 2.45) is 0 Å². The average molecular weight is 322 g/mol. The molecule has 1 aromatic carbocycles. The van der Waals surface area contributed by atoms with E-state index in [9.17, 15) is 9.59 Å². The van der Waals surface area contributed by atoms with Gasteiger partial charge in [-0.3, -0.25) is 4.79 Å². The van der Waals surface area contributed by atoms with Gasteiger partial charge in [0.05, 0.1) is 12.7 Å². The van der Waals surface area contributed by atoms with Gasteiger partial charge in [-0.15, -0.1) is 0 Å². The molecule has 24 heavy (non-hydrogen) atoms. The molecule has 0 fully saturated rings. The van der Waals surface area contributed by atoms with Gasteiger partial charge in [-0.05, 0) is 41.5 Å². The van der Waals surface area contributed by atoms with Gasteiger partial charge >= 0.3 is 5.97 Å². The average Bonchev–Trinajstić information content (AvgIpc) is 3.04. The molecular formula is C19H18N2O3. The van der Waals surface area contributed by atoms with E-state index in [1.54, 1.807) is 12.3 Å². The molecule has 1 aliphatic carbocycles. The summed E-state index contributed by atoms with van der Waals surface area (Å²) in [7, 11) is 3.20. The minimum absolute atomic E-state index is 0.388. The molecule has 1 aliphatic rings. The van der Waals surface area contributed by atoms with Crippen molar-refractivity contribution >= 4 is 28.7 Å². The number of nitrogens with one attached hydrogen (secondary N) is 2. The van der Waals surface area contributed by atoms with Crippen molar-refractivity contribution in [3.8, 4) is 0 Å². The molecule has 0 spiro atoms. The predicted octanol–water partition coefficient (Wildman–Crippen LogP) is 3.21. The number of H-pyrrole nitrogens is 1. The summed E-state index contributed by atoms with van der Waals surface area (Å²) < 4.78 is 4.88. The molecule has 2 aromatic rings. The number of aromatic nitrogens is 1. The highest BCUT2D eigenvalue weighted by Gasteiger charge is 2.18. The standard InChI is InChI=1S/C19H18N2O3/c1-20-9-12-3-5-13(6-4-12)14-7-16(19(23)24-2)18-15(11-22)10-21-17(18)8-14/h3,5-11,20-21H,4H2,1-2H3. The van der Waals surface area contributed by atoms with Crippen molar-refractivity contribution in [2.45, 2.75) is 6.42 Å². The van der Waals surface area contributed by atoms with Gasteiger partial charge < -0.3 is 15.0 Å². The van der Waals surface area contributed by atoms with Gasteiger partial charge in [0.1, 0.15) is 0 Å². The third-order valence-electron chi connectivity index (χ3n) is 4.04. The van der Waals surface area contributed by atoms with Crippen LogP contribution in [0.3, 0.4) is 0 Å². The van der Waals surface area contributed by atoms with E-state index in [1.807, 2.05) is 31.5 Å². The predicted molar refractivity (Wildman–Crippen MR) is 93.9 cm³/mol. The zero-order chi connectivity index (χ0) is 17.1. The van der Waals surface area contributed by atoms with Crippen molar-refractivity contribution in [2.75, 3.05) is 14.2 Å². The quantitative estimate of drug-likeness (QED) is 0.670. The number of aldehydes is 1. The lowest BCUT2D eigenvalue weighted by molar-refractivity contribution is 0.0603. The SMILES string of the molecule is CNC=C1C=CC(c2cc(C(=O)OC)c3c(C=O)c[nH]c3c2)=CC1. The number of rotatable bonds is 4. The van der Waals surface area contributed by atoms with Crippen LogP contribution in [0.15, 0.2) is 48.3 Å². The Labute approximate surface area is 139 Å². The summed E-state index contributed by atoms with van der Waals surface area (Å²) in [4.78, 5) is 26.4. The third-order valence-corrected chi connectivity index (χ3v) is 4.04. The number of esters is 1. The normalized spacial score (nSPS) is 15.4. The number of allylic oxidation sites excluding steroid dienone is 5. The molecule has 0 saturated carbocycles. The zero-order valence-electron chi connectivity index (χ0n) is 13.6. The van der Waals surface area contributed by atoms with Crippen LogP contribution >= 0.6 is 0 Å². The first-order chi connectivity index (χ1) is 11.7. The maximum atomic E-state index is 12.2. The first-order valence-electron chi connectivity index (χ1n) is 7.61. The smallest absolute Gasteiger partial charge is 0.338 e. The second kappa shape index (κ2) is 6.58. The molecule has 2 N–H and O–H groups in total. The van der Waals surface area contributed by atoms with Crippen LogP contribution in [-0.4, -0.2) is 31.4 Å². The summed E-state index contributed by atoms with van der Waals surface area (Å²) in [6.07, 6.45) is 11.3. The Morgan fingerprint density at radius 3 is 2.79 bits per heavy atom. The summed E-state index contributed by atoms with van der Waals surface area (Å²) in [6, 6.07) is 3.72. The van der Waals surface area contributed by atoms with E-state index < -0.39 is 5.97 Å². The van der Waals surface area contributed by atoms with Crippen LogP contribution in [0.2, 0.25) is 0 Å². The van der Waals surface area contributed by atoms with Crippen LogP contribution in [0, 0.1) is 0 Å². The summed E-state index contributed by atoms with van der Waals surface area (Å²) >= 11 is 0. The number of carbonyl (C=O) groups excluding carboxylic acids is 2. The zero-order valence-corrected chi connectivity index (χ0v) is 13.6. The topological polar surface area (TPSA) is 71.2 Å². The molecule has 5 nitrogen and oxygen atoms in total. The summed E-state index contributed by atoms with van der Waals surface area (Å²) in [6.45, 7) is 0. The molecule has 3 rings (SSSR count). The van der Waals surface area contributed by atoms with E-state index in [2.05, 4.69) is 16.4 Å². The molecular weight excluding hydrogens is 304 g/mol. The van der Waals surface area contributed by atoms with Gasteiger partial charge in [0.25, 0.3) is 0 Å². The highest BCUT2D eigenvalue weighted by atomic mass is 16.5. The van der Waals surface area contributed by atoms with E-state index in [1.165, 1.54) is 12.7 Å². The highest BCUT2D eigenvalue weighted by Crippen LogP contribution is 2.30. The highest BCUT2D eigenvalue weighted by molar-refractivity contribution is 6.11. The third kappa shape index (κ3) is 2.76. The molecule has 1 heterocycles. The molecule has 1 aromatic heterocycles. The Kier molecular flexibility index (Phi) is 4.33. The van der Waals surface area contributed by atoms with Crippen LogP contribution in [-0.2, 0) is 4.74 Å². The molecule has 122 valence electrons. The van der Waals surface area contributed by atoms with E-state index in [0.29, 0.717) is 16.5 Å². The van der Waals surface area contributed by atoms with Crippen molar-refractivity contribution in [3.05, 3.63) is 65.0 Å². The van der Waals surface area contributed by atoms with Crippen LogP contribution < -0.4 is 5.32 Å². The van der Waals surface area contributed by atoms with Gasteiger partial charge in [-0.25, -0.2) is 4.79 Å². The lowest BCUT2D eigenvalue weighted by atomic mass is 9.94. The first-order valence-corrected chi connectivity index (χ1v) is 7.61. The van der Waals surface area contributed by atoms with Crippen LogP contribution in [0.4, 0.5) is 0 Å². The number of hydrogen-bond donors (Lipinski definition) is 2. The van der Waals surface area contributed by atoms with E-state index in [0.717, 1.165) is 29.4 Å². The maximum Gasteiger partial charge on any atom is 0.338 e. The summed E-state index contributed by atoms with van der Waals surface area (Å²) in [5.74, 6) is -0.458. The van der Waals surface area contributed by atoms with Gasteiger partial charge in [-0.2, -0.15) is 0 Å². The van der Waals surface area contributed by atoms with Gasteiger partial charge in [0.15, 0.2) is 6.29 Å². The fourth-order valence-electron chi connectivity index (χ4n) is 2.89. The molecule has 0 saturated heterocycles. The summed E-state index contributed by atoms with van der Waals surface area (Å²) in [5.41, 5.74) is 4.68. The number of ether oxygens (including phenoxy) is 1. The fraction of sp³-hybridized carbons (Fsp3) is 0.158. The number of methoxy groups -OCH3 is 1. The van der Waals surface area contributed by atoms with E-state index in [-0.39, 0.29) is 0 Å². The second-order valence-corrected chi connectivity index (χ2v) is 5.50. The largest absolute Gasteiger partial charge is 0.465 e. The molecule has 0 radical (unpaired) electrons. The Morgan fingerprint density at radius 2 is 2.17 bits per heavy atom. The van der Waals surface area contributed by atoms with Crippen molar-refractivity contribution < 1.29 is 14.3 Å². The lowest BCUT2D eigenvalue weighted by Gasteiger charge is -2.12. The molecule has 0 unspecified atom stereocenters. The number of hydrogen-bond acceptors (Lipinski definition) is 4. The number of aromatic amines is 1. The Balaban J connectivity index is 2.11. The van der Waals surface area contributed by atoms with E-state index in [4.69, 9.17) is 4.74 Å². The van der Waals surface area contributed by atoms with Gasteiger partial charge in [0.2, 0.25) is 0 Å². The first kappa shape index (κ1) is 15.8. The van der Waals surface area contributed by atoms with Gasteiger partial charge in [0, 0.05) is 29.7 Å². The Morgan fingerprint density at radius 1 is 1.33 bits per heavy atom. The van der Waals surface area contributed by atoms with Gasteiger partial charge in [-0.1, -0.05) is 18.2 Å². The van der Waals surface area contributed by atoms with Crippen molar-refractivity contribution in [1.29, 1.82) is 0 Å². The number of carbonyl (C=O) groups is 2. The molecule has 0 amide bonds. The lowest BCUT2D eigenvalue weighted by Crippen LogP contribution is -2.04. The molecule has 0 atom stereocenters. The Hall–Kier alpha value is -3.08. The van der Waals surface area contributed by atoms with Crippen molar-refractivity contribution in [3.63, 3.8) is 0 Å². The second-order valence-electron chi connectivity index (χ2n) is 5.50. The van der Waals surface area contributed by atoms with Crippen LogP contribution in [0.5, 0.6) is 0 Å². The number of benzene rings is 1. The molecule has 0 bridgehead atoms.